The fraction of sp³-hybridized carbons (Fsp3) is 0.286. The molecule has 6 heteroatoms. The zero-order valence-electron chi connectivity index (χ0n) is 10.9. The molecular weight excluding hydrogens is 256 g/mol. The van der Waals surface area contributed by atoms with Gasteiger partial charge in [-0.2, -0.15) is 5.10 Å². The van der Waals surface area contributed by atoms with Crippen LogP contribution in [0.3, 0.4) is 0 Å². The first-order valence-electron chi connectivity index (χ1n) is 6.49. The van der Waals surface area contributed by atoms with Crippen molar-refractivity contribution in [3.05, 3.63) is 42.2 Å². The summed E-state index contributed by atoms with van der Waals surface area (Å²) in [6.07, 6.45) is 1.75. The van der Waals surface area contributed by atoms with Gasteiger partial charge >= 0.3 is 0 Å². The van der Waals surface area contributed by atoms with E-state index in [1.807, 2.05) is 12.1 Å². The van der Waals surface area contributed by atoms with Crippen molar-refractivity contribution in [2.24, 2.45) is 5.92 Å². The summed E-state index contributed by atoms with van der Waals surface area (Å²) in [5, 5.41) is 13.2. The number of amides is 1. The minimum absolute atomic E-state index is 0.0936. The van der Waals surface area contributed by atoms with E-state index in [1.165, 1.54) is 0 Å². The van der Waals surface area contributed by atoms with E-state index in [4.69, 9.17) is 10.8 Å². The summed E-state index contributed by atoms with van der Waals surface area (Å²) in [6, 6.07) is 8.98. The van der Waals surface area contributed by atoms with Gasteiger partial charge in [0.2, 0.25) is 0 Å². The molecule has 1 aromatic carbocycles. The number of hydrogen-bond donors (Lipinski definition) is 2. The maximum Gasteiger partial charge on any atom is 0.274 e. The van der Waals surface area contributed by atoms with Crippen LogP contribution in [-0.2, 0) is 0 Å². The molecule has 2 aromatic rings. The van der Waals surface area contributed by atoms with Gasteiger partial charge in [-0.15, -0.1) is 0 Å². The van der Waals surface area contributed by atoms with Gasteiger partial charge in [0.15, 0.2) is 5.69 Å². The summed E-state index contributed by atoms with van der Waals surface area (Å²) in [4.78, 5) is 13.8. The number of aliphatic hydroxyl groups excluding tert-OH is 1. The molecule has 104 valence electrons. The maximum atomic E-state index is 12.1. The van der Waals surface area contributed by atoms with Crippen LogP contribution in [0.5, 0.6) is 0 Å². The summed E-state index contributed by atoms with van der Waals surface area (Å²) in [6.45, 7) is 1.33. The number of nitrogens with two attached hydrogens (primary N) is 1. The van der Waals surface area contributed by atoms with Gasteiger partial charge in [0.1, 0.15) is 0 Å². The second kappa shape index (κ2) is 4.97. The fourth-order valence-electron chi connectivity index (χ4n) is 2.22. The van der Waals surface area contributed by atoms with Crippen LogP contribution in [0.15, 0.2) is 36.5 Å². The highest BCUT2D eigenvalue weighted by Gasteiger charge is 2.31. The third-order valence-corrected chi connectivity index (χ3v) is 3.47. The normalized spacial score (nSPS) is 15.2. The molecule has 3 N–H and O–H groups in total. The second-order valence-corrected chi connectivity index (χ2v) is 5.00. The van der Waals surface area contributed by atoms with Gasteiger partial charge in [-0.3, -0.25) is 4.79 Å². The Kier molecular flexibility index (Phi) is 3.15. The molecule has 1 aromatic heterocycles. The molecule has 3 rings (SSSR count). The molecule has 1 aliphatic heterocycles. The topological polar surface area (TPSA) is 84.4 Å². The second-order valence-electron chi connectivity index (χ2n) is 5.00. The number of carbonyl (C=O) groups is 1. The van der Waals surface area contributed by atoms with E-state index in [2.05, 4.69) is 5.10 Å². The molecule has 0 bridgehead atoms. The Hall–Kier alpha value is -2.34. The first-order chi connectivity index (χ1) is 9.67. The van der Waals surface area contributed by atoms with Crippen molar-refractivity contribution in [1.82, 2.24) is 14.7 Å². The van der Waals surface area contributed by atoms with Crippen molar-refractivity contribution in [3.63, 3.8) is 0 Å². The Morgan fingerprint density at radius 3 is 2.65 bits per heavy atom. The Morgan fingerprint density at radius 2 is 2.00 bits per heavy atom. The van der Waals surface area contributed by atoms with Gasteiger partial charge in [0.25, 0.3) is 5.91 Å². The number of aromatic nitrogens is 2. The van der Waals surface area contributed by atoms with Crippen molar-refractivity contribution in [2.75, 3.05) is 25.4 Å². The van der Waals surface area contributed by atoms with Gasteiger partial charge in [0, 0.05) is 37.5 Å². The van der Waals surface area contributed by atoms with Crippen LogP contribution in [0, 0.1) is 5.92 Å². The lowest BCUT2D eigenvalue weighted by Crippen LogP contribution is -2.51. The highest BCUT2D eigenvalue weighted by atomic mass is 16.3. The summed E-state index contributed by atoms with van der Waals surface area (Å²) >= 11 is 0. The predicted octanol–water partition coefficient (Wildman–Crippen LogP) is 0.519. The third-order valence-electron chi connectivity index (χ3n) is 3.47. The van der Waals surface area contributed by atoms with E-state index in [9.17, 15) is 4.79 Å². The monoisotopic (exact) mass is 272 g/mol. The molecule has 1 amide bonds. The summed E-state index contributed by atoms with van der Waals surface area (Å²) in [5.41, 5.74) is 7.60. The van der Waals surface area contributed by atoms with E-state index >= 15 is 0 Å². The van der Waals surface area contributed by atoms with Crippen LogP contribution in [0.4, 0.5) is 5.69 Å². The van der Waals surface area contributed by atoms with Crippen LogP contribution in [0.2, 0.25) is 0 Å². The molecule has 6 nitrogen and oxygen atoms in total. The Labute approximate surface area is 116 Å². The molecule has 0 saturated carbocycles. The minimum Gasteiger partial charge on any atom is -0.399 e. The highest BCUT2D eigenvalue weighted by molar-refractivity contribution is 5.92. The highest BCUT2D eigenvalue weighted by Crippen LogP contribution is 2.18. The molecular formula is C14H16N4O2. The number of rotatable bonds is 3. The molecule has 0 aliphatic carbocycles. The first kappa shape index (κ1) is 12.7. The van der Waals surface area contributed by atoms with Crippen LogP contribution >= 0.6 is 0 Å². The smallest absolute Gasteiger partial charge is 0.274 e. The van der Waals surface area contributed by atoms with Gasteiger partial charge in [-0.1, -0.05) is 0 Å². The van der Waals surface area contributed by atoms with Crippen LogP contribution < -0.4 is 5.73 Å². The largest absolute Gasteiger partial charge is 0.399 e. The summed E-state index contributed by atoms with van der Waals surface area (Å²) in [7, 11) is 0. The zero-order chi connectivity index (χ0) is 14.1. The third kappa shape index (κ3) is 2.25. The van der Waals surface area contributed by atoms with Crippen molar-refractivity contribution in [1.29, 1.82) is 0 Å². The zero-order valence-corrected chi connectivity index (χ0v) is 10.9. The van der Waals surface area contributed by atoms with E-state index < -0.39 is 0 Å². The number of nitrogen functional groups attached to an aromatic ring is 1. The Morgan fingerprint density at radius 1 is 1.30 bits per heavy atom. The first-order valence-corrected chi connectivity index (χ1v) is 6.49. The average molecular weight is 272 g/mol. The number of carbonyl (C=O) groups excluding carboxylic acids is 1. The van der Waals surface area contributed by atoms with Crippen molar-refractivity contribution >= 4 is 11.6 Å². The fourth-order valence-corrected chi connectivity index (χ4v) is 2.22. The molecule has 1 fully saturated rings. The number of hydrogen-bond acceptors (Lipinski definition) is 4. The number of benzene rings is 1. The Bertz CT molecular complexity index is 614. The SMILES string of the molecule is Nc1ccc(-n2ccc(C(=O)N3CC(CO)C3)n2)cc1. The standard InChI is InChI=1S/C14H16N4O2/c15-11-1-3-12(4-2-11)18-6-5-13(16-18)14(20)17-7-10(8-17)9-19/h1-6,10,19H,7-9,15H2. The van der Waals surface area contributed by atoms with Gasteiger partial charge in [-0.25, -0.2) is 4.68 Å². The molecule has 0 unspecified atom stereocenters. The molecule has 1 saturated heterocycles. The van der Waals surface area contributed by atoms with E-state index in [0.29, 0.717) is 24.5 Å². The number of nitrogens with zero attached hydrogens (tertiary/aromatic N) is 3. The summed E-state index contributed by atoms with van der Waals surface area (Å²) < 4.78 is 1.65. The van der Waals surface area contributed by atoms with Crippen molar-refractivity contribution < 1.29 is 9.90 Å². The quantitative estimate of drug-likeness (QED) is 0.798. The molecule has 0 atom stereocenters. The Balaban J connectivity index is 1.74. The van der Waals surface area contributed by atoms with Crippen molar-refractivity contribution in [2.45, 2.75) is 0 Å². The number of anilines is 1. The molecule has 0 spiro atoms. The van der Waals surface area contributed by atoms with Gasteiger partial charge in [-0.05, 0) is 30.3 Å². The van der Waals surface area contributed by atoms with Crippen LogP contribution in [-0.4, -0.2) is 45.4 Å². The van der Waals surface area contributed by atoms with Crippen molar-refractivity contribution in [3.8, 4) is 5.69 Å². The maximum absolute atomic E-state index is 12.1. The summed E-state index contributed by atoms with van der Waals surface area (Å²) in [5.74, 6) is 0.113. The average Bonchev–Trinajstić information content (AvgIpc) is 2.88. The van der Waals surface area contributed by atoms with Gasteiger partial charge < -0.3 is 15.7 Å². The number of likely N-dealkylation sites (tertiary alicyclic amines) is 1. The van der Waals surface area contributed by atoms with Gasteiger partial charge in [0.05, 0.1) is 5.69 Å². The molecule has 1 aliphatic rings. The van der Waals surface area contributed by atoms with E-state index in [-0.39, 0.29) is 18.4 Å². The predicted molar refractivity (Wildman–Crippen MR) is 74.5 cm³/mol. The van der Waals surface area contributed by atoms with E-state index in [0.717, 1.165) is 5.69 Å². The lowest BCUT2D eigenvalue weighted by atomic mass is 10.0. The lowest BCUT2D eigenvalue weighted by molar-refractivity contribution is 0.0356. The molecule has 20 heavy (non-hydrogen) atoms. The van der Waals surface area contributed by atoms with Crippen LogP contribution in [0.25, 0.3) is 5.69 Å². The van der Waals surface area contributed by atoms with Crippen LogP contribution in [0.1, 0.15) is 10.5 Å². The minimum atomic E-state index is -0.0936. The molecule has 2 heterocycles. The number of aliphatic hydroxyl groups is 1. The lowest BCUT2D eigenvalue weighted by Gasteiger charge is -2.37. The van der Waals surface area contributed by atoms with E-state index in [1.54, 1.807) is 34.0 Å². The molecule has 0 radical (unpaired) electrons.